The molecule has 0 saturated heterocycles. The maximum absolute atomic E-state index is 12.5. The Labute approximate surface area is 177 Å². The third-order valence-electron chi connectivity index (χ3n) is 5.12. The number of nitrogens with zero attached hydrogens (tertiary/aromatic N) is 3. The van der Waals surface area contributed by atoms with Gasteiger partial charge in [0.2, 0.25) is 0 Å². The second-order valence-corrected chi connectivity index (χ2v) is 8.60. The van der Waals surface area contributed by atoms with Crippen LogP contribution in [0.2, 0.25) is 0 Å². The molecule has 2 atom stereocenters. The topological polar surface area (TPSA) is 99.0 Å². The zero-order chi connectivity index (χ0) is 21.1. The Morgan fingerprint density at radius 3 is 2.83 bits per heavy atom. The lowest BCUT2D eigenvalue weighted by atomic mass is 10.00. The normalized spacial score (nSPS) is 16.1. The smallest absolute Gasteiger partial charge is 0.271 e. The zero-order valence-electron chi connectivity index (χ0n) is 16.7. The number of imidazole rings is 1. The molecular formula is C21H25N5O3S. The number of fused-ring (bicyclic) bond motifs is 2. The molecular weight excluding hydrogens is 402 g/mol. The molecule has 0 bridgehead atoms. The van der Waals surface area contributed by atoms with Crippen molar-refractivity contribution in [2.24, 2.45) is 0 Å². The largest absolute Gasteiger partial charge is 0.390 e. The monoisotopic (exact) mass is 427 g/mol. The summed E-state index contributed by atoms with van der Waals surface area (Å²) in [5.41, 5.74) is 4.22. The molecule has 3 aromatic rings. The SMILES string of the molecule is C[S@](=O)Nc1ccc2nc(C(=O)NCC(O)CN3CCc4ccccc4C3)cn2c1. The summed E-state index contributed by atoms with van der Waals surface area (Å²) in [6.07, 6.45) is 5.20. The first-order chi connectivity index (χ1) is 14.5. The van der Waals surface area contributed by atoms with Crippen LogP contribution in [0.15, 0.2) is 48.8 Å². The fourth-order valence-electron chi connectivity index (χ4n) is 3.70. The fraction of sp³-hybridized carbons (Fsp3) is 0.333. The molecule has 0 aliphatic carbocycles. The molecule has 30 heavy (non-hydrogen) atoms. The minimum atomic E-state index is -1.18. The molecule has 4 rings (SSSR count). The van der Waals surface area contributed by atoms with Gasteiger partial charge in [-0.15, -0.1) is 0 Å². The Kier molecular flexibility index (Phi) is 6.12. The lowest BCUT2D eigenvalue weighted by Gasteiger charge is -2.30. The number of β-amino-alcohol motifs (C(OH)–C–C–N with tert-alkyl or cyclic N) is 1. The van der Waals surface area contributed by atoms with E-state index in [4.69, 9.17) is 0 Å². The molecule has 1 amide bonds. The second-order valence-electron chi connectivity index (χ2n) is 7.48. The molecule has 0 spiro atoms. The summed E-state index contributed by atoms with van der Waals surface area (Å²) in [4.78, 5) is 19.0. The molecule has 3 N–H and O–H groups in total. The standard InChI is InChI=1S/C21H25N5O3S/c1-30(29)24-17-6-7-20-23-19(14-26(20)12-17)21(28)22-10-18(27)13-25-9-8-15-4-2-3-5-16(15)11-25/h2-7,12,14,18,24,27H,8-11,13H2,1H3,(H,22,28)/t18?,30-/m0/s1. The number of aliphatic hydroxyl groups is 1. The number of aliphatic hydroxyl groups excluding tert-OH is 1. The van der Waals surface area contributed by atoms with Gasteiger partial charge in [0, 0.05) is 44.8 Å². The predicted octanol–water partition coefficient (Wildman–Crippen LogP) is 1.19. The van der Waals surface area contributed by atoms with Gasteiger partial charge in [-0.25, -0.2) is 9.19 Å². The van der Waals surface area contributed by atoms with Crippen molar-refractivity contribution in [3.8, 4) is 0 Å². The van der Waals surface area contributed by atoms with Crippen molar-refractivity contribution in [2.75, 3.05) is 30.6 Å². The number of amides is 1. The number of hydrogen-bond donors (Lipinski definition) is 3. The molecule has 158 valence electrons. The van der Waals surface area contributed by atoms with Gasteiger partial charge in [0.15, 0.2) is 0 Å². The van der Waals surface area contributed by atoms with Gasteiger partial charge in [0.05, 0.1) is 11.8 Å². The Bertz CT molecular complexity index is 1080. The Morgan fingerprint density at radius 2 is 2.03 bits per heavy atom. The fourth-order valence-corrected chi connectivity index (χ4v) is 4.15. The number of nitrogens with one attached hydrogen (secondary N) is 2. The maximum atomic E-state index is 12.5. The van der Waals surface area contributed by atoms with Crippen molar-refractivity contribution >= 4 is 28.2 Å². The summed E-state index contributed by atoms with van der Waals surface area (Å²) in [6.45, 7) is 2.37. The predicted molar refractivity (Wildman–Crippen MR) is 117 cm³/mol. The summed E-state index contributed by atoms with van der Waals surface area (Å²) in [6, 6.07) is 11.9. The van der Waals surface area contributed by atoms with Gasteiger partial charge >= 0.3 is 0 Å². The van der Waals surface area contributed by atoms with Crippen LogP contribution in [0.5, 0.6) is 0 Å². The highest BCUT2D eigenvalue weighted by Gasteiger charge is 2.19. The Morgan fingerprint density at radius 1 is 1.23 bits per heavy atom. The molecule has 1 aromatic carbocycles. The van der Waals surface area contributed by atoms with Gasteiger partial charge in [0.25, 0.3) is 5.91 Å². The summed E-state index contributed by atoms with van der Waals surface area (Å²) in [5.74, 6) is -0.338. The molecule has 1 aliphatic heterocycles. The van der Waals surface area contributed by atoms with Gasteiger partial charge in [-0.3, -0.25) is 9.69 Å². The van der Waals surface area contributed by atoms with Crippen LogP contribution in [0.4, 0.5) is 5.69 Å². The molecule has 8 nitrogen and oxygen atoms in total. The minimum absolute atomic E-state index is 0.159. The highest BCUT2D eigenvalue weighted by molar-refractivity contribution is 7.85. The average Bonchev–Trinajstić information content (AvgIpc) is 3.15. The van der Waals surface area contributed by atoms with Gasteiger partial charge in [0.1, 0.15) is 22.3 Å². The van der Waals surface area contributed by atoms with E-state index in [1.165, 1.54) is 11.1 Å². The maximum Gasteiger partial charge on any atom is 0.271 e. The van der Waals surface area contributed by atoms with E-state index in [0.29, 0.717) is 17.9 Å². The molecule has 0 radical (unpaired) electrons. The summed E-state index contributed by atoms with van der Waals surface area (Å²) >= 11 is 0. The molecule has 2 aromatic heterocycles. The Hall–Kier alpha value is -2.75. The first-order valence-corrected chi connectivity index (χ1v) is 11.4. The lowest BCUT2D eigenvalue weighted by Crippen LogP contribution is -2.42. The van der Waals surface area contributed by atoms with Crippen LogP contribution in [-0.4, -0.2) is 61.5 Å². The van der Waals surface area contributed by atoms with Crippen molar-refractivity contribution in [3.05, 3.63) is 65.6 Å². The number of carbonyl (C=O) groups is 1. The van der Waals surface area contributed by atoms with E-state index in [0.717, 1.165) is 19.5 Å². The number of carbonyl (C=O) groups excluding carboxylic acids is 1. The van der Waals surface area contributed by atoms with Gasteiger partial charge < -0.3 is 19.5 Å². The van der Waals surface area contributed by atoms with E-state index in [1.54, 1.807) is 35.2 Å². The average molecular weight is 428 g/mol. The third-order valence-corrected chi connectivity index (χ3v) is 5.65. The molecule has 0 fully saturated rings. The summed E-state index contributed by atoms with van der Waals surface area (Å²) in [5, 5.41) is 13.1. The highest BCUT2D eigenvalue weighted by Crippen LogP contribution is 2.18. The number of hydrogen-bond acceptors (Lipinski definition) is 5. The molecule has 0 saturated carbocycles. The van der Waals surface area contributed by atoms with Crippen LogP contribution in [0.1, 0.15) is 21.6 Å². The van der Waals surface area contributed by atoms with Crippen molar-refractivity contribution in [2.45, 2.75) is 19.1 Å². The first-order valence-electron chi connectivity index (χ1n) is 9.82. The summed E-state index contributed by atoms with van der Waals surface area (Å²) < 4.78 is 15.8. The van der Waals surface area contributed by atoms with E-state index in [1.807, 2.05) is 6.07 Å². The van der Waals surface area contributed by atoms with E-state index >= 15 is 0 Å². The minimum Gasteiger partial charge on any atom is -0.390 e. The number of rotatable bonds is 7. The number of aromatic nitrogens is 2. The van der Waals surface area contributed by atoms with E-state index in [2.05, 4.69) is 38.1 Å². The van der Waals surface area contributed by atoms with Crippen LogP contribution >= 0.6 is 0 Å². The summed E-state index contributed by atoms with van der Waals surface area (Å²) in [7, 11) is -1.18. The van der Waals surface area contributed by atoms with Crippen LogP contribution in [0, 0.1) is 0 Å². The van der Waals surface area contributed by atoms with Crippen molar-refractivity contribution in [1.82, 2.24) is 19.6 Å². The van der Waals surface area contributed by atoms with E-state index in [9.17, 15) is 14.1 Å². The van der Waals surface area contributed by atoms with Gasteiger partial charge in [-0.05, 0) is 29.7 Å². The Balaban J connectivity index is 1.31. The van der Waals surface area contributed by atoms with Crippen molar-refractivity contribution in [3.63, 3.8) is 0 Å². The van der Waals surface area contributed by atoms with E-state index in [-0.39, 0.29) is 18.1 Å². The van der Waals surface area contributed by atoms with Crippen molar-refractivity contribution in [1.29, 1.82) is 0 Å². The number of benzene rings is 1. The lowest BCUT2D eigenvalue weighted by molar-refractivity contribution is 0.0838. The van der Waals surface area contributed by atoms with Crippen LogP contribution in [0.3, 0.4) is 0 Å². The van der Waals surface area contributed by atoms with Gasteiger partial charge in [-0.1, -0.05) is 24.3 Å². The molecule has 1 unspecified atom stereocenters. The van der Waals surface area contributed by atoms with Crippen LogP contribution in [0.25, 0.3) is 5.65 Å². The number of anilines is 1. The molecule has 1 aliphatic rings. The number of pyridine rings is 1. The van der Waals surface area contributed by atoms with Crippen molar-refractivity contribution < 1.29 is 14.1 Å². The third kappa shape index (κ3) is 4.86. The van der Waals surface area contributed by atoms with Gasteiger partial charge in [-0.2, -0.15) is 0 Å². The quantitative estimate of drug-likeness (QED) is 0.526. The first kappa shape index (κ1) is 20.5. The molecule has 3 heterocycles. The van der Waals surface area contributed by atoms with Crippen LogP contribution < -0.4 is 10.0 Å². The molecule has 9 heteroatoms. The second kappa shape index (κ2) is 8.95. The zero-order valence-corrected chi connectivity index (χ0v) is 17.6. The van der Waals surface area contributed by atoms with Crippen LogP contribution in [-0.2, 0) is 24.0 Å². The highest BCUT2D eigenvalue weighted by atomic mass is 32.2. The van der Waals surface area contributed by atoms with E-state index < -0.39 is 17.1 Å².